The van der Waals surface area contributed by atoms with Crippen LogP contribution in [0.1, 0.15) is 12.2 Å². The van der Waals surface area contributed by atoms with E-state index >= 15 is 0 Å². The van der Waals surface area contributed by atoms with Crippen LogP contribution >= 0.6 is 0 Å². The summed E-state index contributed by atoms with van der Waals surface area (Å²) >= 11 is 0. The molecule has 5 heteroatoms. The maximum absolute atomic E-state index is 6.18. The molecule has 2 heterocycles. The van der Waals surface area contributed by atoms with E-state index in [1.165, 1.54) is 0 Å². The van der Waals surface area contributed by atoms with Gasteiger partial charge in [-0.25, -0.2) is 4.98 Å². The molecule has 5 nitrogen and oxygen atoms in total. The summed E-state index contributed by atoms with van der Waals surface area (Å²) < 4.78 is 14.2. The molecule has 4 rings (SSSR count). The summed E-state index contributed by atoms with van der Waals surface area (Å²) in [5.41, 5.74) is 4.09. The molecule has 0 unspecified atom stereocenters. The van der Waals surface area contributed by atoms with Crippen LogP contribution in [0.4, 0.5) is 0 Å². The van der Waals surface area contributed by atoms with Crippen LogP contribution < -0.4 is 4.74 Å². The van der Waals surface area contributed by atoms with E-state index in [1.54, 1.807) is 0 Å². The molecule has 140 valence electrons. The van der Waals surface area contributed by atoms with Gasteiger partial charge < -0.3 is 18.9 Å². The minimum absolute atomic E-state index is 0.502. The first kappa shape index (κ1) is 17.8. The molecule has 0 radical (unpaired) electrons. The van der Waals surface area contributed by atoms with Crippen molar-refractivity contribution in [2.45, 2.75) is 13.0 Å². The largest absolute Gasteiger partial charge is 0.456 e. The lowest BCUT2D eigenvalue weighted by Crippen LogP contribution is -2.15. The van der Waals surface area contributed by atoms with E-state index in [4.69, 9.17) is 14.5 Å². The molecular formula is C22H25N3O2. The number of ether oxygens (including phenoxy) is 2. The molecule has 1 aliphatic rings. The van der Waals surface area contributed by atoms with Crippen LogP contribution in [0.2, 0.25) is 0 Å². The van der Waals surface area contributed by atoms with Gasteiger partial charge in [-0.1, -0.05) is 24.3 Å². The van der Waals surface area contributed by atoms with E-state index < -0.39 is 0 Å². The highest BCUT2D eigenvalue weighted by Gasteiger charge is 2.26. The predicted octanol–water partition coefficient (Wildman–Crippen LogP) is 4.33. The molecule has 0 spiro atoms. The van der Waals surface area contributed by atoms with Crippen molar-refractivity contribution < 1.29 is 9.47 Å². The van der Waals surface area contributed by atoms with Gasteiger partial charge in [-0.15, -0.1) is 0 Å². The third kappa shape index (κ3) is 3.48. The summed E-state index contributed by atoms with van der Waals surface area (Å²) in [7, 11) is 6.20. The molecule has 1 aromatic heterocycles. The molecule has 0 atom stereocenters. The number of benzene rings is 2. The third-order valence-corrected chi connectivity index (χ3v) is 4.82. The quantitative estimate of drug-likeness (QED) is 0.478. The van der Waals surface area contributed by atoms with Gasteiger partial charge in [0.25, 0.3) is 0 Å². The normalized spacial score (nSPS) is 12.1. The second-order valence-electron chi connectivity index (χ2n) is 7.09. The number of nitrogens with zero attached hydrogens (tertiary/aromatic N) is 3. The molecule has 0 amide bonds. The van der Waals surface area contributed by atoms with Gasteiger partial charge >= 0.3 is 0 Å². The molecule has 0 N–H and O–H groups in total. The Labute approximate surface area is 160 Å². The second kappa shape index (κ2) is 7.55. The van der Waals surface area contributed by atoms with E-state index in [-0.39, 0.29) is 0 Å². The average molecular weight is 363 g/mol. The summed E-state index contributed by atoms with van der Waals surface area (Å²) in [5.74, 6) is 2.61. The van der Waals surface area contributed by atoms with Gasteiger partial charge in [0.05, 0.1) is 5.69 Å². The number of hydrogen-bond acceptors (Lipinski definition) is 4. The second-order valence-corrected chi connectivity index (χ2v) is 7.09. The fraction of sp³-hybridized carbons (Fsp3) is 0.318. The zero-order valence-electron chi connectivity index (χ0n) is 16.1. The Morgan fingerprint density at radius 2 is 1.67 bits per heavy atom. The first-order valence-corrected chi connectivity index (χ1v) is 9.30. The van der Waals surface area contributed by atoms with Crippen molar-refractivity contribution >= 4 is 0 Å². The van der Waals surface area contributed by atoms with Crippen molar-refractivity contribution in [1.29, 1.82) is 0 Å². The van der Waals surface area contributed by atoms with Gasteiger partial charge in [-0.3, -0.25) is 0 Å². The minimum Gasteiger partial charge on any atom is -0.456 e. The number of aromatic nitrogens is 2. The molecule has 0 saturated carbocycles. The van der Waals surface area contributed by atoms with Crippen molar-refractivity contribution in [1.82, 2.24) is 14.5 Å². The zero-order chi connectivity index (χ0) is 18.8. The van der Waals surface area contributed by atoms with Crippen LogP contribution in [0.5, 0.6) is 11.5 Å². The Hall–Kier alpha value is -2.63. The van der Waals surface area contributed by atoms with E-state index in [1.807, 2.05) is 36.4 Å². The standard InChI is InChI=1S/C22H25N3O2/c1-24(2)13-8-14-26-15-20-23-21-16-9-4-6-11-18(16)27-19-12-7-5-10-17(19)22(21)25(20)3/h4-7,9-12H,8,13-15H2,1-3H3. The van der Waals surface area contributed by atoms with Crippen molar-refractivity contribution in [3.05, 3.63) is 54.4 Å². The Morgan fingerprint density at radius 3 is 2.41 bits per heavy atom. The first-order valence-electron chi connectivity index (χ1n) is 9.30. The molecular weight excluding hydrogens is 338 g/mol. The predicted molar refractivity (Wildman–Crippen MR) is 107 cm³/mol. The molecule has 3 aromatic rings. The summed E-state index contributed by atoms with van der Waals surface area (Å²) in [5, 5.41) is 0. The van der Waals surface area contributed by atoms with Crippen molar-refractivity contribution in [2.24, 2.45) is 7.05 Å². The highest BCUT2D eigenvalue weighted by Crippen LogP contribution is 2.46. The maximum atomic E-state index is 6.18. The molecule has 27 heavy (non-hydrogen) atoms. The lowest BCUT2D eigenvalue weighted by Gasteiger charge is -2.11. The van der Waals surface area contributed by atoms with Gasteiger partial charge in [0.15, 0.2) is 0 Å². The Kier molecular flexibility index (Phi) is 4.97. The Bertz CT molecular complexity index is 946. The molecule has 0 bridgehead atoms. The molecule has 0 saturated heterocycles. The lowest BCUT2D eigenvalue weighted by atomic mass is 10.1. The number of imidazole rings is 1. The molecule has 1 aliphatic heterocycles. The number of hydrogen-bond donors (Lipinski definition) is 0. The van der Waals surface area contributed by atoms with E-state index in [2.05, 4.69) is 42.7 Å². The van der Waals surface area contributed by atoms with Crippen LogP contribution in [-0.2, 0) is 18.4 Å². The van der Waals surface area contributed by atoms with Crippen molar-refractivity contribution in [2.75, 3.05) is 27.2 Å². The molecule has 0 fully saturated rings. The van der Waals surface area contributed by atoms with Gasteiger partial charge in [-0.2, -0.15) is 0 Å². The van der Waals surface area contributed by atoms with Crippen LogP contribution in [-0.4, -0.2) is 41.7 Å². The summed E-state index contributed by atoms with van der Waals surface area (Å²) in [4.78, 5) is 7.10. The summed E-state index contributed by atoms with van der Waals surface area (Å²) in [6.45, 7) is 2.25. The number of fused-ring (bicyclic) bond motifs is 5. The van der Waals surface area contributed by atoms with Crippen LogP contribution in [0.3, 0.4) is 0 Å². The smallest absolute Gasteiger partial charge is 0.136 e. The van der Waals surface area contributed by atoms with Gasteiger partial charge in [-0.05, 0) is 51.3 Å². The van der Waals surface area contributed by atoms with Crippen LogP contribution in [0, 0.1) is 0 Å². The van der Waals surface area contributed by atoms with E-state index in [0.717, 1.165) is 59.4 Å². The molecule has 2 aromatic carbocycles. The highest BCUT2D eigenvalue weighted by atomic mass is 16.5. The number of para-hydroxylation sites is 2. The highest BCUT2D eigenvalue weighted by molar-refractivity contribution is 5.87. The SMILES string of the molecule is CN(C)CCCOCc1nc2c(n1C)-c1ccccc1Oc1ccccc1-2. The minimum atomic E-state index is 0.502. The Morgan fingerprint density at radius 1 is 1.00 bits per heavy atom. The first-order chi connectivity index (χ1) is 13.1. The zero-order valence-corrected chi connectivity index (χ0v) is 16.1. The summed E-state index contributed by atoms with van der Waals surface area (Å²) in [6.07, 6.45) is 1.01. The van der Waals surface area contributed by atoms with Gasteiger partial charge in [0.1, 0.15) is 29.6 Å². The van der Waals surface area contributed by atoms with Gasteiger partial charge in [0, 0.05) is 24.8 Å². The average Bonchev–Trinajstić information content (AvgIpc) is 2.90. The topological polar surface area (TPSA) is 39.5 Å². The summed E-state index contributed by atoms with van der Waals surface area (Å²) in [6, 6.07) is 16.2. The van der Waals surface area contributed by atoms with Crippen LogP contribution in [0.15, 0.2) is 48.5 Å². The van der Waals surface area contributed by atoms with E-state index in [9.17, 15) is 0 Å². The van der Waals surface area contributed by atoms with Gasteiger partial charge in [0.2, 0.25) is 0 Å². The number of rotatable bonds is 6. The van der Waals surface area contributed by atoms with Crippen molar-refractivity contribution in [3.8, 4) is 34.0 Å². The lowest BCUT2D eigenvalue weighted by molar-refractivity contribution is 0.106. The fourth-order valence-electron chi connectivity index (χ4n) is 3.44. The maximum Gasteiger partial charge on any atom is 0.136 e. The Balaban J connectivity index is 1.69. The van der Waals surface area contributed by atoms with Crippen LogP contribution in [0.25, 0.3) is 22.5 Å². The monoisotopic (exact) mass is 363 g/mol. The third-order valence-electron chi connectivity index (χ3n) is 4.82. The fourth-order valence-corrected chi connectivity index (χ4v) is 3.44. The molecule has 0 aliphatic carbocycles. The van der Waals surface area contributed by atoms with E-state index in [0.29, 0.717) is 6.61 Å². The van der Waals surface area contributed by atoms with Crippen molar-refractivity contribution in [3.63, 3.8) is 0 Å².